The van der Waals surface area contributed by atoms with Gasteiger partial charge in [0.05, 0.1) is 0 Å². The minimum absolute atomic E-state index is 0.00931. The van der Waals surface area contributed by atoms with Crippen molar-refractivity contribution in [3.05, 3.63) is 35.9 Å². The topological polar surface area (TPSA) is 37.4 Å². The maximum atomic E-state index is 13.3. The second kappa shape index (κ2) is 6.93. The highest BCUT2D eigenvalue weighted by atomic mass is 16.2. The molecule has 1 saturated heterocycles. The number of hydrogen-bond acceptors (Lipinski definition) is 2. The number of carbonyl (C=O) groups is 2. The molecule has 3 aliphatic rings. The predicted octanol–water partition coefficient (Wildman–Crippen LogP) is 4.45. The van der Waals surface area contributed by atoms with E-state index in [-0.39, 0.29) is 23.1 Å². The number of benzene rings is 1. The average Bonchev–Trinajstić information content (AvgIpc) is 2.67. The Morgan fingerprint density at radius 3 is 2.40 bits per heavy atom. The van der Waals surface area contributed by atoms with Crippen LogP contribution in [0.15, 0.2) is 30.3 Å². The van der Waals surface area contributed by atoms with Gasteiger partial charge in [-0.15, -0.1) is 0 Å². The molecule has 1 aliphatic heterocycles. The molecule has 2 atom stereocenters. The fourth-order valence-electron chi connectivity index (χ4n) is 5.52. The van der Waals surface area contributed by atoms with Crippen LogP contribution in [0, 0.1) is 11.8 Å². The first kappa shape index (κ1) is 16.8. The molecule has 2 saturated carbocycles. The SMILES string of the molecule is O=C1CC2(c3ccccc3)CCCCC2C(=O)N1CC1CCCCC1. The van der Waals surface area contributed by atoms with Crippen LogP contribution in [-0.2, 0) is 15.0 Å². The number of rotatable bonds is 3. The molecule has 0 radical (unpaired) electrons. The van der Waals surface area contributed by atoms with Crippen molar-refractivity contribution in [1.29, 1.82) is 0 Å². The van der Waals surface area contributed by atoms with Crippen LogP contribution < -0.4 is 0 Å². The van der Waals surface area contributed by atoms with E-state index in [2.05, 4.69) is 12.1 Å². The number of hydrogen-bond donors (Lipinski definition) is 0. The zero-order valence-electron chi connectivity index (χ0n) is 15.1. The standard InChI is InChI=1S/C22H29NO2/c24-20-15-22(18-11-5-2-6-12-18)14-8-7-13-19(22)21(25)23(20)16-17-9-3-1-4-10-17/h2,5-6,11-12,17,19H,1,3-4,7-10,13-16H2. The number of fused-ring (bicyclic) bond motifs is 1. The molecular formula is C22H29NO2. The number of likely N-dealkylation sites (tertiary alicyclic amines) is 1. The summed E-state index contributed by atoms with van der Waals surface area (Å²) in [5.74, 6) is 0.697. The Morgan fingerprint density at radius 2 is 1.64 bits per heavy atom. The van der Waals surface area contributed by atoms with Gasteiger partial charge < -0.3 is 0 Å². The maximum Gasteiger partial charge on any atom is 0.233 e. The lowest BCUT2D eigenvalue weighted by atomic mass is 9.58. The first-order valence-electron chi connectivity index (χ1n) is 10.1. The fraction of sp³-hybridized carbons (Fsp3) is 0.636. The number of nitrogens with zero attached hydrogens (tertiary/aromatic N) is 1. The third kappa shape index (κ3) is 3.02. The van der Waals surface area contributed by atoms with Gasteiger partial charge in [-0.1, -0.05) is 62.4 Å². The van der Waals surface area contributed by atoms with Crippen LogP contribution in [-0.4, -0.2) is 23.3 Å². The van der Waals surface area contributed by atoms with Gasteiger partial charge in [0.1, 0.15) is 0 Å². The summed E-state index contributed by atoms with van der Waals surface area (Å²) >= 11 is 0. The van der Waals surface area contributed by atoms with Crippen molar-refractivity contribution in [2.75, 3.05) is 6.54 Å². The monoisotopic (exact) mass is 339 g/mol. The van der Waals surface area contributed by atoms with Crippen LogP contribution in [0.3, 0.4) is 0 Å². The third-order valence-electron chi connectivity index (χ3n) is 6.88. The molecule has 1 aromatic rings. The molecule has 25 heavy (non-hydrogen) atoms. The van der Waals surface area contributed by atoms with Crippen LogP contribution in [0.1, 0.15) is 69.8 Å². The molecule has 0 N–H and O–H groups in total. The molecule has 4 rings (SSSR count). The van der Waals surface area contributed by atoms with Gasteiger partial charge in [-0.2, -0.15) is 0 Å². The summed E-state index contributed by atoms with van der Waals surface area (Å²) in [6, 6.07) is 10.3. The molecule has 3 nitrogen and oxygen atoms in total. The molecular weight excluding hydrogens is 310 g/mol. The van der Waals surface area contributed by atoms with Gasteiger partial charge in [-0.25, -0.2) is 0 Å². The molecule has 134 valence electrons. The fourth-order valence-corrected chi connectivity index (χ4v) is 5.52. The Bertz CT molecular complexity index is 635. The van der Waals surface area contributed by atoms with E-state index in [9.17, 15) is 9.59 Å². The Hall–Kier alpha value is -1.64. The molecule has 0 bridgehead atoms. The van der Waals surface area contributed by atoms with E-state index in [1.807, 2.05) is 18.2 Å². The van der Waals surface area contributed by atoms with Gasteiger partial charge in [-0.3, -0.25) is 14.5 Å². The van der Waals surface area contributed by atoms with Gasteiger partial charge in [0, 0.05) is 24.3 Å². The summed E-state index contributed by atoms with van der Waals surface area (Å²) in [5.41, 5.74) is 0.940. The highest BCUT2D eigenvalue weighted by Gasteiger charge is 2.53. The van der Waals surface area contributed by atoms with Gasteiger partial charge in [0.25, 0.3) is 0 Å². The number of piperidine rings is 1. The van der Waals surface area contributed by atoms with Crippen LogP contribution >= 0.6 is 0 Å². The largest absolute Gasteiger partial charge is 0.282 e. The summed E-state index contributed by atoms with van der Waals surface area (Å²) in [4.78, 5) is 28.0. The zero-order valence-corrected chi connectivity index (χ0v) is 15.1. The second-order valence-corrected chi connectivity index (χ2v) is 8.34. The van der Waals surface area contributed by atoms with Crippen LogP contribution in [0.25, 0.3) is 0 Å². The van der Waals surface area contributed by atoms with E-state index in [1.54, 1.807) is 4.90 Å². The van der Waals surface area contributed by atoms with Gasteiger partial charge >= 0.3 is 0 Å². The molecule has 2 unspecified atom stereocenters. The Kier molecular flexibility index (Phi) is 4.66. The summed E-state index contributed by atoms with van der Waals surface area (Å²) < 4.78 is 0. The normalized spacial score (nSPS) is 31.0. The van der Waals surface area contributed by atoms with Gasteiger partial charge in [-0.05, 0) is 37.2 Å². The highest BCUT2D eigenvalue weighted by Crippen LogP contribution is 2.50. The Labute approximate surface area is 150 Å². The minimum atomic E-state index is -0.253. The molecule has 2 amide bonds. The maximum absolute atomic E-state index is 13.3. The molecule has 2 aliphatic carbocycles. The van der Waals surface area contributed by atoms with Gasteiger partial charge in [0.15, 0.2) is 0 Å². The van der Waals surface area contributed by atoms with E-state index in [4.69, 9.17) is 0 Å². The average molecular weight is 339 g/mol. The molecule has 0 spiro atoms. The predicted molar refractivity (Wildman–Crippen MR) is 98.0 cm³/mol. The summed E-state index contributed by atoms with van der Waals surface area (Å²) in [7, 11) is 0. The van der Waals surface area contributed by atoms with Crippen molar-refractivity contribution in [1.82, 2.24) is 4.90 Å². The lowest BCUT2D eigenvalue weighted by Gasteiger charge is -2.49. The lowest BCUT2D eigenvalue weighted by molar-refractivity contribution is -0.158. The highest BCUT2D eigenvalue weighted by molar-refractivity contribution is 6.01. The van der Waals surface area contributed by atoms with Crippen molar-refractivity contribution >= 4 is 11.8 Å². The molecule has 1 aromatic carbocycles. The minimum Gasteiger partial charge on any atom is -0.282 e. The number of carbonyl (C=O) groups excluding carboxylic acids is 2. The van der Waals surface area contributed by atoms with E-state index >= 15 is 0 Å². The van der Waals surface area contributed by atoms with Crippen molar-refractivity contribution in [2.24, 2.45) is 11.8 Å². The van der Waals surface area contributed by atoms with E-state index in [0.717, 1.165) is 25.7 Å². The third-order valence-corrected chi connectivity index (χ3v) is 6.88. The molecule has 1 heterocycles. The van der Waals surface area contributed by atoms with Crippen LogP contribution in [0.2, 0.25) is 0 Å². The first-order chi connectivity index (χ1) is 12.2. The van der Waals surface area contributed by atoms with Crippen molar-refractivity contribution in [3.63, 3.8) is 0 Å². The summed E-state index contributed by atoms with van der Waals surface area (Å²) in [6.07, 6.45) is 10.8. The van der Waals surface area contributed by atoms with E-state index in [0.29, 0.717) is 18.9 Å². The van der Waals surface area contributed by atoms with Crippen molar-refractivity contribution < 1.29 is 9.59 Å². The summed E-state index contributed by atoms with van der Waals surface area (Å²) in [6.45, 7) is 0.666. The second-order valence-electron chi connectivity index (χ2n) is 8.34. The Balaban J connectivity index is 1.61. The molecule has 0 aromatic heterocycles. The van der Waals surface area contributed by atoms with E-state index in [1.165, 1.54) is 37.7 Å². The quantitative estimate of drug-likeness (QED) is 0.763. The zero-order chi connectivity index (χ0) is 17.3. The molecule has 3 fully saturated rings. The number of imide groups is 1. The van der Waals surface area contributed by atoms with Gasteiger partial charge in [0.2, 0.25) is 11.8 Å². The van der Waals surface area contributed by atoms with Crippen molar-refractivity contribution in [2.45, 2.75) is 69.6 Å². The molecule has 3 heteroatoms. The van der Waals surface area contributed by atoms with Crippen LogP contribution in [0.4, 0.5) is 0 Å². The number of amides is 2. The lowest BCUT2D eigenvalue weighted by Crippen LogP contribution is -2.58. The summed E-state index contributed by atoms with van der Waals surface area (Å²) in [5, 5.41) is 0. The Morgan fingerprint density at radius 1 is 0.920 bits per heavy atom. The van der Waals surface area contributed by atoms with Crippen molar-refractivity contribution in [3.8, 4) is 0 Å². The van der Waals surface area contributed by atoms with E-state index < -0.39 is 0 Å². The first-order valence-corrected chi connectivity index (χ1v) is 10.1. The van der Waals surface area contributed by atoms with Crippen LogP contribution in [0.5, 0.6) is 0 Å². The smallest absolute Gasteiger partial charge is 0.233 e.